The first-order valence-electron chi connectivity index (χ1n) is 11.2. The number of benzene rings is 4. The van der Waals surface area contributed by atoms with E-state index in [-0.39, 0.29) is 11.2 Å². The minimum Gasteiger partial charge on any atom is -0.484 e. The quantitative estimate of drug-likeness (QED) is 0.316. The summed E-state index contributed by atoms with van der Waals surface area (Å²) in [6, 6.07) is 33.4. The molecule has 2 heterocycles. The molecule has 4 heteroatoms. The van der Waals surface area contributed by atoms with Crippen LogP contribution in [0.4, 0.5) is 0 Å². The van der Waals surface area contributed by atoms with E-state index in [4.69, 9.17) is 9.15 Å². The molecule has 0 radical (unpaired) electrons. The van der Waals surface area contributed by atoms with Gasteiger partial charge in [-0.3, -0.25) is 9.59 Å². The van der Waals surface area contributed by atoms with Crippen molar-refractivity contribution in [2.45, 2.75) is 12.0 Å². The topological polar surface area (TPSA) is 56.5 Å². The van der Waals surface area contributed by atoms with Crippen LogP contribution in [0.15, 0.2) is 118 Å². The predicted octanol–water partition coefficient (Wildman–Crippen LogP) is 6.56. The van der Waals surface area contributed by atoms with Crippen molar-refractivity contribution in [1.29, 1.82) is 0 Å². The smallest absolute Gasteiger partial charge is 0.193 e. The fraction of sp³-hybridized carbons (Fsp3) is 0.0667. The molecule has 2 unspecified atom stereocenters. The fourth-order valence-corrected chi connectivity index (χ4v) is 4.68. The van der Waals surface area contributed by atoms with Gasteiger partial charge >= 0.3 is 0 Å². The highest BCUT2D eigenvalue weighted by Gasteiger charge is 2.40. The minimum absolute atomic E-state index is 0.0593. The third-order valence-electron chi connectivity index (χ3n) is 6.30. The molecule has 34 heavy (non-hydrogen) atoms. The van der Waals surface area contributed by atoms with Gasteiger partial charge in [-0.05, 0) is 23.8 Å². The molecule has 1 aromatic heterocycles. The monoisotopic (exact) mass is 444 g/mol. The van der Waals surface area contributed by atoms with Crippen LogP contribution < -0.4 is 10.2 Å². The molecule has 0 fully saturated rings. The highest BCUT2D eigenvalue weighted by atomic mass is 16.5. The summed E-state index contributed by atoms with van der Waals surface area (Å²) >= 11 is 0. The Morgan fingerprint density at radius 3 is 2.18 bits per heavy atom. The maximum Gasteiger partial charge on any atom is 0.193 e. The number of Topliss-reactive ketones (excluding diaryl/α,β-unsaturated/α-hetero) is 1. The minimum atomic E-state index is -0.671. The van der Waals surface area contributed by atoms with Gasteiger partial charge in [-0.1, -0.05) is 84.9 Å². The normalized spacial score (nSPS) is 17.2. The van der Waals surface area contributed by atoms with Crippen molar-refractivity contribution in [1.82, 2.24) is 0 Å². The Hall–Kier alpha value is -4.44. The molecule has 0 N–H and O–H groups in total. The van der Waals surface area contributed by atoms with Gasteiger partial charge in [0.05, 0.1) is 16.9 Å². The molecule has 0 saturated heterocycles. The average molecular weight is 444 g/mol. The molecular formula is C30H20O4. The molecule has 0 saturated carbocycles. The maximum absolute atomic E-state index is 13.9. The van der Waals surface area contributed by atoms with Crippen LogP contribution in [0.25, 0.3) is 22.3 Å². The molecule has 0 spiro atoms. The molecule has 4 nitrogen and oxygen atoms in total. The number of fused-ring (bicyclic) bond motifs is 2. The van der Waals surface area contributed by atoms with Crippen molar-refractivity contribution in [3.8, 4) is 17.1 Å². The van der Waals surface area contributed by atoms with E-state index in [0.717, 1.165) is 11.1 Å². The van der Waals surface area contributed by atoms with Crippen LogP contribution in [0.1, 0.15) is 33.5 Å². The predicted molar refractivity (Wildman–Crippen MR) is 131 cm³/mol. The van der Waals surface area contributed by atoms with Crippen LogP contribution in [0.5, 0.6) is 5.75 Å². The average Bonchev–Trinajstić information content (AvgIpc) is 2.89. The standard InChI is InChI=1S/C30H20O4/c31-24-18-26(19-10-3-1-4-11-19)34-30-21(24)15-9-16-23(30)27-28(32)22-14-7-8-17-25(22)33-29(27)20-12-5-2-6-13-20/h1-18,27,29H. The number of hydrogen-bond acceptors (Lipinski definition) is 4. The molecule has 0 amide bonds. The summed E-state index contributed by atoms with van der Waals surface area (Å²) in [5.41, 5.74) is 3.11. The summed E-state index contributed by atoms with van der Waals surface area (Å²) in [4.78, 5) is 26.9. The van der Waals surface area contributed by atoms with Crippen molar-refractivity contribution >= 4 is 16.8 Å². The molecule has 5 aromatic rings. The first kappa shape index (κ1) is 20.2. The van der Waals surface area contributed by atoms with Gasteiger partial charge in [-0.25, -0.2) is 0 Å². The van der Waals surface area contributed by atoms with E-state index in [2.05, 4.69) is 0 Å². The highest BCUT2D eigenvalue weighted by molar-refractivity contribution is 6.06. The summed E-state index contributed by atoms with van der Waals surface area (Å²) < 4.78 is 12.7. The van der Waals surface area contributed by atoms with Crippen molar-refractivity contribution in [3.05, 3.63) is 136 Å². The van der Waals surface area contributed by atoms with Crippen LogP contribution >= 0.6 is 0 Å². The molecule has 6 rings (SSSR count). The lowest BCUT2D eigenvalue weighted by molar-refractivity contribution is 0.0782. The second-order valence-corrected chi connectivity index (χ2v) is 8.35. The summed E-state index contributed by atoms with van der Waals surface area (Å²) in [5, 5.41) is 0.440. The number of carbonyl (C=O) groups is 1. The van der Waals surface area contributed by atoms with Gasteiger partial charge in [0.1, 0.15) is 23.2 Å². The molecule has 2 atom stereocenters. The van der Waals surface area contributed by atoms with Crippen molar-refractivity contribution in [2.24, 2.45) is 0 Å². The summed E-state index contributed by atoms with van der Waals surface area (Å²) in [6.07, 6.45) is -0.556. The van der Waals surface area contributed by atoms with E-state index in [0.29, 0.717) is 33.6 Å². The summed E-state index contributed by atoms with van der Waals surface area (Å²) in [6.45, 7) is 0. The van der Waals surface area contributed by atoms with E-state index in [9.17, 15) is 9.59 Å². The fourth-order valence-electron chi connectivity index (χ4n) is 4.68. The van der Waals surface area contributed by atoms with Gasteiger partial charge in [0, 0.05) is 17.2 Å². The number of hydrogen-bond donors (Lipinski definition) is 0. The zero-order chi connectivity index (χ0) is 23.1. The van der Waals surface area contributed by atoms with Gasteiger partial charge in [-0.15, -0.1) is 0 Å². The van der Waals surface area contributed by atoms with Crippen LogP contribution in [-0.2, 0) is 0 Å². The summed E-state index contributed by atoms with van der Waals surface area (Å²) in [5.74, 6) is 0.293. The van der Waals surface area contributed by atoms with Gasteiger partial charge in [0.2, 0.25) is 0 Å². The Kier molecular flexibility index (Phi) is 4.84. The van der Waals surface area contributed by atoms with Crippen molar-refractivity contribution in [3.63, 3.8) is 0 Å². The van der Waals surface area contributed by atoms with Crippen LogP contribution in [-0.4, -0.2) is 5.78 Å². The molecular weight excluding hydrogens is 424 g/mol. The Morgan fingerprint density at radius 1 is 0.676 bits per heavy atom. The van der Waals surface area contributed by atoms with Gasteiger partial charge in [0.15, 0.2) is 11.2 Å². The number of rotatable bonds is 3. The highest BCUT2D eigenvalue weighted by Crippen LogP contribution is 2.45. The van der Waals surface area contributed by atoms with Gasteiger partial charge in [0.25, 0.3) is 0 Å². The second-order valence-electron chi connectivity index (χ2n) is 8.35. The molecule has 0 bridgehead atoms. The molecule has 1 aliphatic heterocycles. The first-order valence-corrected chi connectivity index (χ1v) is 11.2. The van der Waals surface area contributed by atoms with E-state index in [1.54, 1.807) is 18.2 Å². The zero-order valence-electron chi connectivity index (χ0n) is 18.2. The van der Waals surface area contributed by atoms with Crippen LogP contribution in [0, 0.1) is 0 Å². The lowest BCUT2D eigenvalue weighted by Gasteiger charge is -2.33. The largest absolute Gasteiger partial charge is 0.484 e. The lowest BCUT2D eigenvalue weighted by Crippen LogP contribution is -2.30. The van der Waals surface area contributed by atoms with Gasteiger partial charge in [-0.2, -0.15) is 0 Å². The van der Waals surface area contributed by atoms with Crippen molar-refractivity contribution < 1.29 is 13.9 Å². The number of carbonyl (C=O) groups excluding carboxylic acids is 1. The zero-order valence-corrected chi connectivity index (χ0v) is 18.2. The van der Waals surface area contributed by atoms with Crippen molar-refractivity contribution in [2.75, 3.05) is 0 Å². The van der Waals surface area contributed by atoms with Crippen LogP contribution in [0.2, 0.25) is 0 Å². The second kappa shape index (κ2) is 8.16. The van der Waals surface area contributed by atoms with Crippen LogP contribution in [0.3, 0.4) is 0 Å². The third-order valence-corrected chi connectivity index (χ3v) is 6.30. The van der Waals surface area contributed by atoms with Gasteiger partial charge < -0.3 is 9.15 Å². The lowest BCUT2D eigenvalue weighted by atomic mass is 9.80. The van der Waals surface area contributed by atoms with E-state index >= 15 is 0 Å². The number of para-hydroxylation sites is 2. The SMILES string of the molecule is O=C1c2ccccc2OC(c2ccccc2)C1c1cccc2c(=O)cc(-c3ccccc3)oc12. The summed E-state index contributed by atoms with van der Waals surface area (Å²) in [7, 11) is 0. The maximum atomic E-state index is 13.9. The number of ether oxygens (including phenoxy) is 1. The Labute approximate surface area is 196 Å². The first-order chi connectivity index (χ1) is 16.7. The molecule has 1 aliphatic rings. The molecule has 164 valence electrons. The Bertz CT molecular complexity index is 1570. The Balaban J connectivity index is 1.60. The third kappa shape index (κ3) is 3.32. The van der Waals surface area contributed by atoms with E-state index < -0.39 is 12.0 Å². The Morgan fingerprint density at radius 2 is 1.38 bits per heavy atom. The molecule has 0 aliphatic carbocycles. The number of ketones is 1. The van der Waals surface area contributed by atoms with E-state index in [1.807, 2.05) is 84.9 Å². The molecule has 4 aromatic carbocycles. The van der Waals surface area contributed by atoms with E-state index in [1.165, 1.54) is 6.07 Å².